The minimum absolute atomic E-state index is 0.0252. The molecule has 0 amide bonds. The molecule has 0 fully saturated rings. The number of nitrogens with zero attached hydrogens (tertiary/aromatic N) is 1. The first-order chi connectivity index (χ1) is 18.7. The highest BCUT2D eigenvalue weighted by molar-refractivity contribution is 6.32. The van der Waals surface area contributed by atoms with Crippen LogP contribution in [0, 0.1) is 10.1 Å². The number of esters is 1. The third-order valence-electron chi connectivity index (χ3n) is 6.77. The number of fused-ring (bicyclic) bond motifs is 2. The van der Waals surface area contributed by atoms with E-state index in [-0.39, 0.29) is 34.4 Å². The SMILES string of the molecule is COC(=O)C1=C(C)NC2=C(C(=O)c3ccccc32)[C@H]1c1cc(Cl)c(OCc2ccc([N+](=O)[O-])cc2)c(OC)c1. The first kappa shape index (κ1) is 26.0. The Labute approximate surface area is 228 Å². The molecule has 39 heavy (non-hydrogen) atoms. The van der Waals surface area contributed by atoms with Crippen LogP contribution in [0.2, 0.25) is 5.02 Å². The number of nitrogens with one attached hydrogen (secondary N) is 1. The first-order valence-electron chi connectivity index (χ1n) is 11.9. The van der Waals surface area contributed by atoms with Crippen molar-refractivity contribution < 1.29 is 28.7 Å². The number of hydrogen-bond donors (Lipinski definition) is 1. The van der Waals surface area contributed by atoms with Gasteiger partial charge >= 0.3 is 5.97 Å². The van der Waals surface area contributed by atoms with E-state index in [1.165, 1.54) is 26.4 Å². The summed E-state index contributed by atoms with van der Waals surface area (Å²) in [6, 6.07) is 16.6. The number of hydrogen-bond acceptors (Lipinski definition) is 8. The second-order valence-corrected chi connectivity index (χ2v) is 9.41. The fourth-order valence-corrected chi connectivity index (χ4v) is 5.23. The van der Waals surface area contributed by atoms with Gasteiger partial charge in [0.05, 0.1) is 35.4 Å². The fourth-order valence-electron chi connectivity index (χ4n) is 4.96. The Morgan fingerprint density at radius 2 is 1.77 bits per heavy atom. The summed E-state index contributed by atoms with van der Waals surface area (Å²) >= 11 is 6.69. The van der Waals surface area contributed by atoms with Crippen molar-refractivity contribution >= 4 is 34.7 Å². The molecule has 0 saturated carbocycles. The standard InChI is InChI=1S/C29H23ClN2O7/c1-15-23(29(34)38-3)24(25-26(31-15)19-6-4-5-7-20(19)27(25)33)17-12-21(30)28(22(13-17)37-2)39-14-16-8-10-18(11-9-16)32(35)36/h4-13,24,31H,14H2,1-3H3/t24-/m0/s1. The van der Waals surface area contributed by atoms with Crippen molar-refractivity contribution in [3.05, 3.63) is 115 Å². The maximum Gasteiger partial charge on any atom is 0.336 e. The number of methoxy groups -OCH3 is 2. The van der Waals surface area contributed by atoms with Crippen molar-refractivity contribution in [2.75, 3.05) is 14.2 Å². The summed E-state index contributed by atoms with van der Waals surface area (Å²) in [5.74, 6) is -0.992. The molecule has 1 aliphatic heterocycles. The number of carbonyl (C=O) groups is 2. The molecule has 2 aliphatic rings. The van der Waals surface area contributed by atoms with E-state index in [1.807, 2.05) is 12.1 Å². The van der Waals surface area contributed by atoms with Crippen LogP contribution in [0.5, 0.6) is 11.5 Å². The van der Waals surface area contributed by atoms with Gasteiger partial charge in [-0.25, -0.2) is 4.79 Å². The van der Waals surface area contributed by atoms with Crippen LogP contribution in [0.1, 0.15) is 39.9 Å². The van der Waals surface area contributed by atoms with E-state index < -0.39 is 16.8 Å². The molecule has 1 atom stereocenters. The number of dihydropyridines is 1. The van der Waals surface area contributed by atoms with Crippen LogP contribution in [0.15, 0.2) is 77.5 Å². The first-order valence-corrected chi connectivity index (χ1v) is 12.3. The summed E-state index contributed by atoms with van der Waals surface area (Å²) in [6.45, 7) is 1.84. The lowest BCUT2D eigenvalue weighted by Crippen LogP contribution is -2.29. The average Bonchev–Trinajstić information content (AvgIpc) is 3.22. The molecule has 1 aliphatic carbocycles. The van der Waals surface area contributed by atoms with Crippen LogP contribution >= 0.6 is 11.6 Å². The number of nitro groups is 1. The fraction of sp³-hybridized carbons (Fsp3) is 0.172. The number of Topliss-reactive ketones (excluding diaryl/α,β-unsaturated/α-hetero) is 1. The molecule has 0 bridgehead atoms. The van der Waals surface area contributed by atoms with Crippen molar-refractivity contribution in [3.8, 4) is 11.5 Å². The third-order valence-corrected chi connectivity index (χ3v) is 7.05. The molecule has 1 N–H and O–H groups in total. The number of rotatable bonds is 7. The van der Waals surface area contributed by atoms with Gasteiger partial charge in [0.1, 0.15) is 6.61 Å². The Hall–Kier alpha value is -4.63. The maximum absolute atomic E-state index is 13.6. The maximum atomic E-state index is 13.6. The van der Waals surface area contributed by atoms with E-state index in [0.29, 0.717) is 39.4 Å². The normalized spacial score (nSPS) is 15.9. The van der Waals surface area contributed by atoms with Gasteiger partial charge in [-0.3, -0.25) is 14.9 Å². The zero-order valence-corrected chi connectivity index (χ0v) is 22.0. The van der Waals surface area contributed by atoms with E-state index >= 15 is 0 Å². The lowest BCUT2D eigenvalue weighted by atomic mass is 9.79. The molecular weight excluding hydrogens is 524 g/mol. The summed E-state index contributed by atoms with van der Waals surface area (Å²) in [7, 11) is 2.75. The predicted octanol–water partition coefficient (Wildman–Crippen LogP) is 5.58. The van der Waals surface area contributed by atoms with Gasteiger partial charge in [-0.2, -0.15) is 0 Å². The predicted molar refractivity (Wildman–Crippen MR) is 144 cm³/mol. The largest absolute Gasteiger partial charge is 0.493 e. The van der Waals surface area contributed by atoms with Crippen LogP contribution in [0.4, 0.5) is 5.69 Å². The molecule has 3 aromatic carbocycles. The van der Waals surface area contributed by atoms with Crippen molar-refractivity contribution in [2.24, 2.45) is 0 Å². The zero-order chi connectivity index (χ0) is 27.8. The number of non-ortho nitro benzene ring substituents is 1. The second-order valence-electron chi connectivity index (χ2n) is 9.00. The molecule has 0 spiro atoms. The highest BCUT2D eigenvalue weighted by atomic mass is 35.5. The van der Waals surface area contributed by atoms with Gasteiger partial charge < -0.3 is 19.5 Å². The Morgan fingerprint density at radius 1 is 1.08 bits per heavy atom. The average molecular weight is 547 g/mol. The van der Waals surface area contributed by atoms with Crippen molar-refractivity contribution in [3.63, 3.8) is 0 Å². The number of ether oxygens (including phenoxy) is 3. The highest BCUT2D eigenvalue weighted by Gasteiger charge is 2.43. The second kappa shape index (κ2) is 10.3. The Morgan fingerprint density at radius 3 is 2.41 bits per heavy atom. The van der Waals surface area contributed by atoms with Crippen molar-refractivity contribution in [1.82, 2.24) is 5.32 Å². The van der Waals surface area contributed by atoms with Gasteiger partial charge in [0.25, 0.3) is 5.69 Å². The molecule has 10 heteroatoms. The van der Waals surface area contributed by atoms with Crippen molar-refractivity contribution in [2.45, 2.75) is 19.4 Å². The summed E-state index contributed by atoms with van der Waals surface area (Å²) in [5.41, 5.74) is 4.42. The molecule has 3 aromatic rings. The minimum atomic E-state index is -0.774. The Kier molecular flexibility index (Phi) is 6.84. The van der Waals surface area contributed by atoms with Crippen molar-refractivity contribution in [1.29, 1.82) is 0 Å². The number of ketones is 1. The van der Waals surface area contributed by atoms with Crippen LogP contribution in [-0.2, 0) is 16.1 Å². The summed E-state index contributed by atoms with van der Waals surface area (Å²) in [5, 5.41) is 14.4. The summed E-state index contributed by atoms with van der Waals surface area (Å²) < 4.78 is 16.6. The van der Waals surface area contributed by atoms with Gasteiger partial charge in [0.2, 0.25) is 0 Å². The minimum Gasteiger partial charge on any atom is -0.493 e. The monoisotopic (exact) mass is 546 g/mol. The quantitative estimate of drug-likeness (QED) is 0.232. The molecule has 0 unspecified atom stereocenters. The molecule has 9 nitrogen and oxygen atoms in total. The molecule has 5 rings (SSSR count). The molecule has 0 radical (unpaired) electrons. The molecule has 1 heterocycles. The van der Waals surface area contributed by atoms with Crippen LogP contribution in [-0.4, -0.2) is 30.9 Å². The number of benzene rings is 3. The van der Waals surface area contributed by atoms with E-state index in [4.69, 9.17) is 25.8 Å². The highest BCUT2D eigenvalue weighted by Crippen LogP contribution is 2.49. The number of carbonyl (C=O) groups excluding carboxylic acids is 2. The third kappa shape index (κ3) is 4.51. The van der Waals surface area contributed by atoms with Gasteiger partial charge in [0, 0.05) is 40.4 Å². The smallest absolute Gasteiger partial charge is 0.336 e. The molecule has 0 saturated heterocycles. The summed E-state index contributed by atoms with van der Waals surface area (Å²) in [4.78, 5) is 37.0. The van der Waals surface area contributed by atoms with Gasteiger partial charge in [-0.15, -0.1) is 0 Å². The number of halogens is 1. The van der Waals surface area contributed by atoms with E-state index in [1.54, 1.807) is 43.3 Å². The number of allylic oxidation sites excluding steroid dienone is 2. The van der Waals surface area contributed by atoms with E-state index in [9.17, 15) is 19.7 Å². The molecule has 0 aromatic heterocycles. The number of nitro benzene ring substituents is 1. The van der Waals surface area contributed by atoms with Crippen LogP contribution < -0.4 is 14.8 Å². The zero-order valence-electron chi connectivity index (χ0n) is 21.2. The molecule has 198 valence electrons. The van der Waals surface area contributed by atoms with Gasteiger partial charge in [0.15, 0.2) is 17.3 Å². The van der Waals surface area contributed by atoms with Gasteiger partial charge in [-0.05, 0) is 42.3 Å². The topological polar surface area (TPSA) is 117 Å². The van der Waals surface area contributed by atoms with E-state index in [2.05, 4.69) is 5.32 Å². The Bertz CT molecular complexity index is 1590. The molecular formula is C29H23ClN2O7. The van der Waals surface area contributed by atoms with Crippen LogP contribution in [0.3, 0.4) is 0 Å². The van der Waals surface area contributed by atoms with Gasteiger partial charge in [-0.1, -0.05) is 35.9 Å². The lowest BCUT2D eigenvalue weighted by Gasteiger charge is -2.29. The van der Waals surface area contributed by atoms with Crippen LogP contribution in [0.25, 0.3) is 5.70 Å². The van der Waals surface area contributed by atoms with E-state index in [0.717, 1.165) is 5.56 Å². The Balaban J connectivity index is 1.56. The summed E-state index contributed by atoms with van der Waals surface area (Å²) in [6.07, 6.45) is 0. The lowest BCUT2D eigenvalue weighted by molar-refractivity contribution is -0.384.